The van der Waals surface area contributed by atoms with Gasteiger partial charge in [0.1, 0.15) is 0 Å². The van der Waals surface area contributed by atoms with Crippen LogP contribution in [0.25, 0.3) is 0 Å². The van der Waals surface area contributed by atoms with Gasteiger partial charge in [0.05, 0.1) is 0 Å². The molecule has 0 fully saturated rings. The summed E-state index contributed by atoms with van der Waals surface area (Å²) in [6.07, 6.45) is 8.90. The van der Waals surface area contributed by atoms with Crippen molar-refractivity contribution in [3.63, 3.8) is 0 Å². The summed E-state index contributed by atoms with van der Waals surface area (Å²) in [5, 5.41) is 0. The van der Waals surface area contributed by atoms with Crippen molar-refractivity contribution in [3.8, 4) is 0 Å². The summed E-state index contributed by atoms with van der Waals surface area (Å²) in [6, 6.07) is 0. The fourth-order valence-electron chi connectivity index (χ4n) is 2.31. The molecular formula is C16H35Y4-. The molecule has 3 unspecified atom stereocenters. The number of rotatable bonds is 3. The summed E-state index contributed by atoms with van der Waals surface area (Å²) < 4.78 is 0. The van der Waals surface area contributed by atoms with Crippen molar-refractivity contribution >= 4 is 0 Å². The van der Waals surface area contributed by atoms with Gasteiger partial charge >= 0.3 is 0 Å². The number of allylic oxidation sites excluding steroid dienone is 2. The van der Waals surface area contributed by atoms with Gasteiger partial charge in [-0.05, 0) is 24.2 Å². The van der Waals surface area contributed by atoms with E-state index in [1.54, 1.807) is 0 Å². The minimum absolute atomic E-state index is 0. The first kappa shape index (κ1) is 44.0. The van der Waals surface area contributed by atoms with Crippen LogP contribution in [0.5, 0.6) is 0 Å². The van der Waals surface area contributed by atoms with E-state index in [1.807, 2.05) is 27.7 Å². The zero-order valence-electron chi connectivity index (χ0n) is 15.3. The predicted octanol–water partition coefficient (Wildman–Crippen LogP) is 6.13. The molecule has 1 aliphatic rings. The van der Waals surface area contributed by atoms with Gasteiger partial charge in [-0.15, -0.1) is 0 Å². The van der Waals surface area contributed by atoms with Crippen LogP contribution < -0.4 is 0 Å². The van der Waals surface area contributed by atoms with Crippen molar-refractivity contribution in [1.29, 1.82) is 0 Å². The van der Waals surface area contributed by atoms with Crippen molar-refractivity contribution in [2.24, 2.45) is 17.8 Å². The van der Waals surface area contributed by atoms with Crippen LogP contribution in [0.4, 0.5) is 0 Å². The summed E-state index contributed by atoms with van der Waals surface area (Å²) in [4.78, 5) is 0. The van der Waals surface area contributed by atoms with Crippen LogP contribution in [-0.2, 0) is 131 Å². The van der Waals surface area contributed by atoms with E-state index in [2.05, 4.69) is 32.9 Å². The molecule has 4 heteroatoms. The molecule has 1 aliphatic carbocycles. The molecule has 0 aromatic carbocycles. The molecule has 0 saturated heterocycles. The first-order chi connectivity index (χ1) is 7.29. The van der Waals surface area contributed by atoms with Crippen molar-refractivity contribution < 1.29 is 131 Å². The second kappa shape index (κ2) is 34.5. The molecule has 0 saturated carbocycles. The van der Waals surface area contributed by atoms with Crippen molar-refractivity contribution in [1.82, 2.24) is 0 Å². The normalized spacial score (nSPS) is 20.6. The monoisotopic (exact) mass is 583 g/mol. The average molecular weight is 583 g/mol. The molecule has 0 aliphatic heterocycles. The fraction of sp³-hybridized carbons (Fsp3) is 0.812. The minimum Gasteiger partial charge on any atom is -0.358 e. The van der Waals surface area contributed by atoms with E-state index in [-0.39, 0.29) is 138 Å². The van der Waals surface area contributed by atoms with E-state index in [4.69, 9.17) is 0 Å². The molecule has 0 bridgehead atoms. The van der Waals surface area contributed by atoms with E-state index >= 15 is 0 Å². The molecule has 0 amide bonds. The van der Waals surface area contributed by atoms with Gasteiger partial charge in [-0.25, -0.2) is 0 Å². The smallest absolute Gasteiger partial charge is 0 e. The average Bonchev–Trinajstić information content (AvgIpc) is 2.65. The van der Waals surface area contributed by atoms with Gasteiger partial charge in [-0.1, -0.05) is 73.5 Å². The maximum absolute atomic E-state index is 2.43. The van der Waals surface area contributed by atoms with Crippen LogP contribution in [0.3, 0.4) is 0 Å². The zero-order valence-corrected chi connectivity index (χ0v) is 26.7. The van der Waals surface area contributed by atoms with E-state index in [9.17, 15) is 0 Å². The van der Waals surface area contributed by atoms with Crippen LogP contribution in [0, 0.1) is 25.2 Å². The summed E-state index contributed by atoms with van der Waals surface area (Å²) in [5.41, 5.74) is 0. The van der Waals surface area contributed by atoms with E-state index in [0.717, 1.165) is 17.8 Å². The predicted molar refractivity (Wildman–Crippen MR) is 79.6 cm³/mol. The Kier molecular flexibility index (Phi) is 75.9. The topological polar surface area (TPSA) is 0 Å². The summed E-state index contributed by atoms with van der Waals surface area (Å²) in [6.45, 7) is 14.9. The SMILES string of the molecule is CC.CC.CCCC1C=CC(C)C1CC.[CH3-].[Y].[Y].[Y].[Y]. The van der Waals surface area contributed by atoms with Crippen molar-refractivity contribution in [2.75, 3.05) is 0 Å². The Bertz CT molecular complexity index is 149. The van der Waals surface area contributed by atoms with Crippen LogP contribution in [0.2, 0.25) is 0 Å². The minimum atomic E-state index is 0. The maximum atomic E-state index is 2.43. The molecule has 4 radical (unpaired) electrons. The third-order valence-corrected chi connectivity index (χ3v) is 2.98. The Morgan fingerprint density at radius 1 is 0.800 bits per heavy atom. The fourth-order valence-corrected chi connectivity index (χ4v) is 2.31. The van der Waals surface area contributed by atoms with Crippen molar-refractivity contribution in [3.05, 3.63) is 19.6 Å². The number of hydrogen-bond acceptors (Lipinski definition) is 0. The first-order valence-corrected chi connectivity index (χ1v) is 6.97. The standard InChI is InChI=1S/C11H20.2C2H6.CH3.4Y/c1-4-6-10-8-7-9(3)11(10)5-2;2*1-2;;;;;/h7-11H,4-6H2,1-3H3;2*1-2H3;1H3;;;;/q;;;-1;;;;. The second-order valence-corrected chi connectivity index (χ2v) is 3.77. The van der Waals surface area contributed by atoms with Gasteiger partial charge in [0, 0.05) is 131 Å². The van der Waals surface area contributed by atoms with Crippen molar-refractivity contribution in [2.45, 2.75) is 67.7 Å². The van der Waals surface area contributed by atoms with Gasteiger partial charge in [-0.3, -0.25) is 0 Å². The molecule has 0 aromatic rings. The summed E-state index contributed by atoms with van der Waals surface area (Å²) in [5.74, 6) is 2.66. The van der Waals surface area contributed by atoms with Gasteiger partial charge in [0.2, 0.25) is 0 Å². The molecule has 0 nitrogen and oxygen atoms in total. The molecule has 0 aromatic heterocycles. The van der Waals surface area contributed by atoms with Crippen LogP contribution >= 0.6 is 0 Å². The van der Waals surface area contributed by atoms with Gasteiger partial charge in [0.25, 0.3) is 0 Å². The number of hydrogen-bond donors (Lipinski definition) is 0. The largest absolute Gasteiger partial charge is 0.358 e. The molecular weight excluding hydrogens is 548 g/mol. The molecule has 0 heterocycles. The van der Waals surface area contributed by atoms with Crippen LogP contribution in [-0.4, -0.2) is 0 Å². The quantitative estimate of drug-likeness (QED) is 0.278. The molecule has 112 valence electrons. The van der Waals surface area contributed by atoms with E-state index < -0.39 is 0 Å². The van der Waals surface area contributed by atoms with Gasteiger partial charge in [0.15, 0.2) is 0 Å². The van der Waals surface area contributed by atoms with Gasteiger partial charge < -0.3 is 7.43 Å². The third kappa shape index (κ3) is 20.2. The Morgan fingerprint density at radius 2 is 1.20 bits per heavy atom. The second-order valence-electron chi connectivity index (χ2n) is 3.77. The first-order valence-electron chi connectivity index (χ1n) is 6.97. The van der Waals surface area contributed by atoms with E-state index in [0.29, 0.717) is 0 Å². The molecule has 3 atom stereocenters. The van der Waals surface area contributed by atoms with E-state index in [1.165, 1.54) is 19.3 Å². The Morgan fingerprint density at radius 3 is 1.50 bits per heavy atom. The van der Waals surface area contributed by atoms with Crippen LogP contribution in [0.15, 0.2) is 12.2 Å². The molecule has 0 spiro atoms. The Labute approximate surface area is 231 Å². The Hall–Kier alpha value is 4.16. The molecule has 20 heavy (non-hydrogen) atoms. The Balaban J connectivity index is -0.0000000347. The maximum Gasteiger partial charge on any atom is 0 e. The summed E-state index contributed by atoms with van der Waals surface area (Å²) >= 11 is 0. The molecule has 0 N–H and O–H groups in total. The zero-order chi connectivity index (χ0) is 12.3. The van der Waals surface area contributed by atoms with Gasteiger partial charge in [-0.2, -0.15) is 0 Å². The molecule has 1 rings (SSSR count). The third-order valence-electron chi connectivity index (χ3n) is 2.98. The summed E-state index contributed by atoms with van der Waals surface area (Å²) in [7, 11) is 0. The van der Waals surface area contributed by atoms with Crippen LogP contribution in [0.1, 0.15) is 67.7 Å².